The molecule has 0 radical (unpaired) electrons. The summed E-state index contributed by atoms with van der Waals surface area (Å²) in [5, 5.41) is 0.920. The highest BCUT2D eigenvalue weighted by Crippen LogP contribution is 2.38. The highest BCUT2D eigenvalue weighted by Gasteiger charge is 2.21. The summed E-state index contributed by atoms with van der Waals surface area (Å²) in [6.45, 7) is 2.09. The van der Waals surface area contributed by atoms with Crippen molar-refractivity contribution in [2.24, 2.45) is 5.73 Å². The highest BCUT2D eigenvalue weighted by molar-refractivity contribution is 8.01. The molecule has 2 atom stereocenters. The molecule has 1 heterocycles. The second-order valence-electron chi connectivity index (χ2n) is 3.87. The maximum Gasteiger partial charge on any atom is 0.170 e. The molecule has 6 heteroatoms. The van der Waals surface area contributed by atoms with Gasteiger partial charge in [-0.3, -0.25) is 0 Å². The van der Waals surface area contributed by atoms with E-state index in [9.17, 15) is 0 Å². The van der Waals surface area contributed by atoms with Crippen molar-refractivity contribution < 1.29 is 0 Å². The van der Waals surface area contributed by atoms with Gasteiger partial charge in [0.15, 0.2) is 4.34 Å². The molecular weight excluding hydrogens is 286 g/mol. The van der Waals surface area contributed by atoms with Crippen molar-refractivity contribution in [2.45, 2.75) is 29.0 Å². The molecule has 18 heavy (non-hydrogen) atoms. The zero-order valence-corrected chi connectivity index (χ0v) is 12.3. The van der Waals surface area contributed by atoms with Gasteiger partial charge in [-0.1, -0.05) is 42.4 Å². The Morgan fingerprint density at radius 3 is 2.67 bits per heavy atom. The maximum atomic E-state index is 6.21. The summed E-state index contributed by atoms with van der Waals surface area (Å²) in [6.07, 6.45) is 2.49. The fourth-order valence-electron chi connectivity index (χ4n) is 1.59. The third kappa shape index (κ3) is 3.45. The molecule has 0 aliphatic carbocycles. The Labute approximate surface area is 120 Å². The summed E-state index contributed by atoms with van der Waals surface area (Å²) >= 11 is 8.98. The lowest BCUT2D eigenvalue weighted by atomic mass is 10.0. The molecule has 0 amide bonds. The number of hydrogen-bond donors (Lipinski definition) is 1. The van der Waals surface area contributed by atoms with E-state index in [1.165, 1.54) is 17.1 Å². The van der Waals surface area contributed by atoms with Crippen LogP contribution >= 0.6 is 34.9 Å². The van der Waals surface area contributed by atoms with E-state index < -0.39 is 0 Å². The standard InChI is InChI=1S/C12H14ClN3S2/c1-2-10(14)11(17-12-15-7-16-18-12)8-3-5-9(13)6-4-8/h3-7,10-11H,2,14H2,1H3. The number of nitrogens with zero attached hydrogens (tertiary/aromatic N) is 2. The molecule has 1 aromatic heterocycles. The smallest absolute Gasteiger partial charge is 0.170 e. The van der Waals surface area contributed by atoms with Crippen molar-refractivity contribution in [2.75, 3.05) is 0 Å². The van der Waals surface area contributed by atoms with Crippen molar-refractivity contribution in [1.82, 2.24) is 9.36 Å². The summed E-state index contributed by atoms with van der Waals surface area (Å²) in [5.41, 5.74) is 7.38. The van der Waals surface area contributed by atoms with Crippen LogP contribution < -0.4 is 5.73 Å². The Balaban J connectivity index is 2.22. The number of hydrogen-bond acceptors (Lipinski definition) is 5. The topological polar surface area (TPSA) is 51.8 Å². The minimum Gasteiger partial charge on any atom is -0.326 e. The van der Waals surface area contributed by atoms with Crippen molar-refractivity contribution in [3.05, 3.63) is 41.2 Å². The van der Waals surface area contributed by atoms with Gasteiger partial charge in [0, 0.05) is 11.1 Å². The van der Waals surface area contributed by atoms with Gasteiger partial charge in [-0.05, 0) is 35.6 Å². The third-order valence-electron chi connectivity index (χ3n) is 2.63. The average Bonchev–Trinajstić information content (AvgIpc) is 2.89. The minimum atomic E-state index is 0.0834. The largest absolute Gasteiger partial charge is 0.326 e. The molecule has 0 saturated heterocycles. The minimum absolute atomic E-state index is 0.0834. The molecule has 1 aromatic carbocycles. The van der Waals surface area contributed by atoms with E-state index in [1.54, 1.807) is 18.1 Å². The Kier molecular flexibility index (Phi) is 5.00. The van der Waals surface area contributed by atoms with E-state index >= 15 is 0 Å². The van der Waals surface area contributed by atoms with Crippen LogP contribution in [0.1, 0.15) is 24.2 Å². The second-order valence-corrected chi connectivity index (χ2v) is 6.47. The Hall–Kier alpha value is -0.620. The summed E-state index contributed by atoms with van der Waals surface area (Å²) in [4.78, 5) is 4.20. The van der Waals surface area contributed by atoms with E-state index in [1.807, 2.05) is 24.3 Å². The Morgan fingerprint density at radius 1 is 1.39 bits per heavy atom. The van der Waals surface area contributed by atoms with E-state index in [4.69, 9.17) is 17.3 Å². The molecule has 0 bridgehead atoms. The number of rotatable bonds is 5. The predicted molar refractivity (Wildman–Crippen MR) is 78.2 cm³/mol. The molecule has 0 spiro atoms. The van der Waals surface area contributed by atoms with Crippen LogP contribution in [-0.2, 0) is 0 Å². The molecule has 0 fully saturated rings. The SMILES string of the molecule is CCC(N)C(Sc1ncns1)c1ccc(Cl)cc1. The Morgan fingerprint density at radius 2 is 2.11 bits per heavy atom. The molecule has 2 N–H and O–H groups in total. The van der Waals surface area contributed by atoms with Gasteiger partial charge in [-0.25, -0.2) is 4.98 Å². The van der Waals surface area contributed by atoms with E-state index in [-0.39, 0.29) is 11.3 Å². The average molecular weight is 300 g/mol. The molecular formula is C12H14ClN3S2. The van der Waals surface area contributed by atoms with Crippen LogP contribution in [0.5, 0.6) is 0 Å². The van der Waals surface area contributed by atoms with Gasteiger partial charge in [0.05, 0.1) is 5.25 Å². The van der Waals surface area contributed by atoms with Gasteiger partial charge in [-0.2, -0.15) is 4.37 Å². The first kappa shape index (κ1) is 13.8. The summed E-state index contributed by atoms with van der Waals surface area (Å²) < 4.78 is 4.96. The molecule has 0 aliphatic heterocycles. The van der Waals surface area contributed by atoms with Crippen molar-refractivity contribution in [3.63, 3.8) is 0 Å². The first-order valence-electron chi connectivity index (χ1n) is 5.65. The lowest BCUT2D eigenvalue weighted by molar-refractivity contribution is 0.634. The summed E-state index contributed by atoms with van der Waals surface area (Å²) in [6, 6.07) is 7.92. The fraction of sp³-hybridized carbons (Fsp3) is 0.333. The number of aromatic nitrogens is 2. The van der Waals surface area contributed by atoms with Gasteiger partial charge in [0.25, 0.3) is 0 Å². The molecule has 3 nitrogen and oxygen atoms in total. The summed E-state index contributed by atoms with van der Waals surface area (Å²) in [7, 11) is 0. The van der Waals surface area contributed by atoms with Crippen LogP contribution in [0.3, 0.4) is 0 Å². The quantitative estimate of drug-likeness (QED) is 0.854. The third-order valence-corrected chi connectivity index (χ3v) is 5.04. The van der Waals surface area contributed by atoms with E-state index in [0.29, 0.717) is 0 Å². The molecule has 96 valence electrons. The first-order chi connectivity index (χ1) is 8.70. The monoisotopic (exact) mass is 299 g/mol. The molecule has 2 unspecified atom stereocenters. The van der Waals surface area contributed by atoms with Gasteiger partial charge in [0.1, 0.15) is 6.33 Å². The number of halogens is 1. The van der Waals surface area contributed by atoms with Crippen LogP contribution in [0.25, 0.3) is 0 Å². The zero-order chi connectivity index (χ0) is 13.0. The molecule has 2 aromatic rings. The predicted octanol–water partition coefficient (Wildman–Crippen LogP) is 3.76. The van der Waals surface area contributed by atoms with Crippen molar-refractivity contribution in [1.29, 1.82) is 0 Å². The van der Waals surface area contributed by atoms with Gasteiger partial charge in [0.2, 0.25) is 0 Å². The summed E-state index contributed by atoms with van der Waals surface area (Å²) in [5.74, 6) is 0. The van der Waals surface area contributed by atoms with Crippen LogP contribution in [0.2, 0.25) is 5.02 Å². The lowest BCUT2D eigenvalue weighted by Crippen LogP contribution is -2.25. The normalized spacial score (nSPS) is 14.4. The highest BCUT2D eigenvalue weighted by atomic mass is 35.5. The van der Waals surface area contributed by atoms with Crippen molar-refractivity contribution in [3.8, 4) is 0 Å². The lowest BCUT2D eigenvalue weighted by Gasteiger charge is -2.21. The second kappa shape index (κ2) is 6.52. The number of benzene rings is 1. The van der Waals surface area contributed by atoms with Crippen LogP contribution in [0.4, 0.5) is 0 Å². The van der Waals surface area contributed by atoms with Crippen LogP contribution in [-0.4, -0.2) is 15.4 Å². The first-order valence-corrected chi connectivity index (χ1v) is 7.68. The van der Waals surface area contributed by atoms with Crippen LogP contribution in [0, 0.1) is 0 Å². The van der Waals surface area contributed by atoms with Crippen molar-refractivity contribution >= 4 is 34.9 Å². The zero-order valence-electron chi connectivity index (χ0n) is 9.91. The fourth-order valence-corrected chi connectivity index (χ4v) is 3.60. The van der Waals surface area contributed by atoms with Crippen LogP contribution in [0.15, 0.2) is 34.9 Å². The number of thioether (sulfide) groups is 1. The molecule has 0 aliphatic rings. The number of nitrogens with two attached hydrogens (primary N) is 1. The Bertz CT molecular complexity index is 473. The van der Waals surface area contributed by atoms with E-state index in [2.05, 4.69) is 16.3 Å². The van der Waals surface area contributed by atoms with E-state index in [0.717, 1.165) is 15.8 Å². The maximum absolute atomic E-state index is 6.21. The van der Waals surface area contributed by atoms with Gasteiger partial charge < -0.3 is 5.73 Å². The molecule has 2 rings (SSSR count). The van der Waals surface area contributed by atoms with Gasteiger partial charge in [-0.15, -0.1) is 0 Å². The van der Waals surface area contributed by atoms with Gasteiger partial charge >= 0.3 is 0 Å². The molecule has 0 saturated carbocycles.